The average Bonchev–Trinajstić information content (AvgIpc) is 3.35. The normalized spacial score (nSPS) is 12.4. The van der Waals surface area contributed by atoms with Crippen LogP contribution in [0.15, 0.2) is 47.4 Å². The Kier molecular flexibility index (Phi) is 5.23. The quantitative estimate of drug-likeness (QED) is 0.184. The lowest BCUT2D eigenvalue weighted by Gasteiger charge is -2.14. The fourth-order valence-corrected chi connectivity index (χ4v) is 3.83. The van der Waals surface area contributed by atoms with Gasteiger partial charge in [0.2, 0.25) is 0 Å². The van der Waals surface area contributed by atoms with Crippen LogP contribution in [0, 0.1) is 0 Å². The summed E-state index contributed by atoms with van der Waals surface area (Å²) in [5.41, 5.74) is 3.92. The van der Waals surface area contributed by atoms with E-state index in [1.807, 2.05) is 19.9 Å². The number of aromatic nitrogens is 4. The van der Waals surface area contributed by atoms with Gasteiger partial charge in [-0.25, -0.2) is 20.3 Å². The van der Waals surface area contributed by atoms with E-state index in [0.29, 0.717) is 16.8 Å². The van der Waals surface area contributed by atoms with Crippen LogP contribution in [-0.4, -0.2) is 35.5 Å². The van der Waals surface area contributed by atoms with E-state index in [9.17, 15) is 19.8 Å². The van der Waals surface area contributed by atoms with Gasteiger partial charge < -0.3 is 14.8 Å². The van der Waals surface area contributed by atoms with Crippen LogP contribution in [0.1, 0.15) is 38.3 Å². The van der Waals surface area contributed by atoms with Crippen molar-refractivity contribution in [2.45, 2.75) is 32.7 Å². The number of carbonyl (C=O) groups is 1. The lowest BCUT2D eigenvalue weighted by molar-refractivity contribution is -0.123. The lowest BCUT2D eigenvalue weighted by atomic mass is 9.98. The molecule has 0 aliphatic rings. The minimum absolute atomic E-state index is 0.00251. The molecule has 1 atom stereocenters. The third-order valence-electron chi connectivity index (χ3n) is 5.58. The Morgan fingerprint density at radius 1 is 1.12 bits per heavy atom. The van der Waals surface area contributed by atoms with Crippen molar-refractivity contribution in [2.24, 2.45) is 5.84 Å². The molecule has 2 aromatic heterocycles. The SMILES string of the molecule is CC(C)c1cc(-c2n[nH]c(=O)n2-c2ccc3c(ccn3C(C)C(=O)NN)c2)c(O)cc1O. The van der Waals surface area contributed by atoms with Crippen molar-refractivity contribution in [1.29, 1.82) is 0 Å². The topological polar surface area (TPSA) is 151 Å². The second-order valence-electron chi connectivity index (χ2n) is 7.92. The Morgan fingerprint density at radius 2 is 1.88 bits per heavy atom. The number of amides is 1. The summed E-state index contributed by atoms with van der Waals surface area (Å²) in [4.78, 5) is 24.6. The highest BCUT2D eigenvalue weighted by Gasteiger charge is 2.21. The van der Waals surface area contributed by atoms with Gasteiger partial charge in [0.05, 0.1) is 11.3 Å². The summed E-state index contributed by atoms with van der Waals surface area (Å²) in [5.74, 6) is 4.92. The van der Waals surface area contributed by atoms with Gasteiger partial charge in [-0.1, -0.05) is 13.8 Å². The van der Waals surface area contributed by atoms with E-state index in [0.717, 1.165) is 10.9 Å². The number of hydrazine groups is 1. The molecular weight excluding hydrogens is 412 g/mol. The number of carbonyl (C=O) groups excluding carboxylic acids is 1. The first-order valence-electron chi connectivity index (χ1n) is 10.1. The van der Waals surface area contributed by atoms with Gasteiger partial charge in [-0.15, -0.1) is 0 Å². The van der Waals surface area contributed by atoms with Gasteiger partial charge >= 0.3 is 5.69 Å². The molecule has 0 aliphatic heterocycles. The zero-order valence-corrected chi connectivity index (χ0v) is 17.8. The van der Waals surface area contributed by atoms with Gasteiger partial charge in [0, 0.05) is 23.2 Å². The molecule has 0 spiro atoms. The number of hydrogen-bond donors (Lipinski definition) is 5. The van der Waals surface area contributed by atoms with E-state index in [-0.39, 0.29) is 29.1 Å². The van der Waals surface area contributed by atoms with E-state index < -0.39 is 11.7 Å². The number of aromatic amines is 1. The van der Waals surface area contributed by atoms with Gasteiger partial charge in [-0.2, -0.15) is 5.10 Å². The molecule has 0 saturated heterocycles. The van der Waals surface area contributed by atoms with Crippen molar-refractivity contribution in [3.05, 3.63) is 58.6 Å². The Balaban J connectivity index is 1.85. The second kappa shape index (κ2) is 7.89. The van der Waals surface area contributed by atoms with Crippen LogP contribution in [0.3, 0.4) is 0 Å². The van der Waals surface area contributed by atoms with Crippen LogP contribution in [0.4, 0.5) is 0 Å². The van der Waals surface area contributed by atoms with Gasteiger partial charge in [0.15, 0.2) is 5.82 Å². The molecule has 0 aliphatic carbocycles. The van der Waals surface area contributed by atoms with Gasteiger partial charge in [0.25, 0.3) is 5.91 Å². The molecule has 32 heavy (non-hydrogen) atoms. The summed E-state index contributed by atoms with van der Waals surface area (Å²) in [7, 11) is 0. The van der Waals surface area contributed by atoms with E-state index in [1.165, 1.54) is 10.6 Å². The molecule has 166 valence electrons. The third-order valence-corrected chi connectivity index (χ3v) is 5.58. The molecule has 4 aromatic rings. The van der Waals surface area contributed by atoms with Crippen LogP contribution in [-0.2, 0) is 4.79 Å². The maximum atomic E-state index is 12.6. The molecule has 0 bridgehead atoms. The zero-order valence-electron chi connectivity index (χ0n) is 17.8. The third kappa shape index (κ3) is 3.40. The molecule has 1 unspecified atom stereocenters. The molecular formula is C22H24N6O4. The molecule has 2 aromatic carbocycles. The number of benzene rings is 2. The lowest BCUT2D eigenvalue weighted by Crippen LogP contribution is -2.35. The smallest absolute Gasteiger partial charge is 0.348 e. The monoisotopic (exact) mass is 436 g/mol. The number of fused-ring (bicyclic) bond motifs is 1. The van der Waals surface area contributed by atoms with Gasteiger partial charge in [-0.3, -0.25) is 10.2 Å². The Labute approximate surface area is 182 Å². The number of nitrogens with zero attached hydrogens (tertiary/aromatic N) is 3. The van der Waals surface area contributed by atoms with E-state index in [2.05, 4.69) is 15.6 Å². The largest absolute Gasteiger partial charge is 0.508 e. The Hall–Kier alpha value is -4.05. The minimum atomic E-state index is -0.515. The number of phenols is 2. The average molecular weight is 436 g/mol. The second-order valence-corrected chi connectivity index (χ2v) is 7.92. The van der Waals surface area contributed by atoms with E-state index in [4.69, 9.17) is 5.84 Å². The number of nitrogens with one attached hydrogen (secondary N) is 2. The van der Waals surface area contributed by atoms with Crippen LogP contribution in [0.2, 0.25) is 0 Å². The molecule has 6 N–H and O–H groups in total. The van der Waals surface area contributed by atoms with Crippen molar-refractivity contribution in [2.75, 3.05) is 0 Å². The van der Waals surface area contributed by atoms with Crippen LogP contribution in [0.25, 0.3) is 28.0 Å². The molecule has 1 amide bonds. The van der Waals surface area contributed by atoms with Crippen molar-refractivity contribution >= 4 is 16.8 Å². The zero-order chi connectivity index (χ0) is 23.2. The first-order chi connectivity index (χ1) is 15.2. The van der Waals surface area contributed by atoms with Crippen molar-refractivity contribution in [1.82, 2.24) is 24.8 Å². The summed E-state index contributed by atoms with van der Waals surface area (Å²) in [6.07, 6.45) is 1.77. The summed E-state index contributed by atoms with van der Waals surface area (Å²) >= 11 is 0. The number of phenolic OH excluding ortho intramolecular Hbond substituents is 2. The van der Waals surface area contributed by atoms with Crippen LogP contribution < -0.4 is 17.0 Å². The molecule has 0 saturated carbocycles. The number of nitrogens with two attached hydrogens (primary N) is 1. The van der Waals surface area contributed by atoms with Gasteiger partial charge in [-0.05, 0) is 48.7 Å². The first kappa shape index (κ1) is 21.2. The van der Waals surface area contributed by atoms with Gasteiger partial charge in [0.1, 0.15) is 17.5 Å². The van der Waals surface area contributed by atoms with Crippen molar-refractivity contribution in [3.63, 3.8) is 0 Å². The van der Waals surface area contributed by atoms with E-state index in [1.54, 1.807) is 42.0 Å². The van der Waals surface area contributed by atoms with Crippen molar-refractivity contribution < 1.29 is 15.0 Å². The van der Waals surface area contributed by atoms with Crippen molar-refractivity contribution in [3.8, 4) is 28.6 Å². The highest BCUT2D eigenvalue weighted by atomic mass is 16.3. The highest BCUT2D eigenvalue weighted by molar-refractivity contribution is 5.86. The highest BCUT2D eigenvalue weighted by Crippen LogP contribution is 2.37. The maximum absolute atomic E-state index is 12.6. The van der Waals surface area contributed by atoms with E-state index >= 15 is 0 Å². The number of rotatable bonds is 5. The number of hydrogen-bond acceptors (Lipinski definition) is 6. The molecule has 2 heterocycles. The Morgan fingerprint density at radius 3 is 2.56 bits per heavy atom. The molecule has 10 heteroatoms. The molecule has 10 nitrogen and oxygen atoms in total. The minimum Gasteiger partial charge on any atom is -0.508 e. The maximum Gasteiger partial charge on any atom is 0.348 e. The Bertz CT molecular complexity index is 1380. The summed E-state index contributed by atoms with van der Waals surface area (Å²) in [6, 6.07) is 9.51. The molecule has 4 rings (SSSR count). The number of H-pyrrole nitrogens is 1. The summed E-state index contributed by atoms with van der Waals surface area (Å²) < 4.78 is 3.13. The molecule has 0 fully saturated rings. The molecule has 0 radical (unpaired) electrons. The van der Waals surface area contributed by atoms with Crippen LogP contribution in [0.5, 0.6) is 11.5 Å². The first-order valence-corrected chi connectivity index (χ1v) is 10.1. The predicted molar refractivity (Wildman–Crippen MR) is 120 cm³/mol. The summed E-state index contributed by atoms with van der Waals surface area (Å²) in [6.45, 7) is 5.56. The van der Waals surface area contributed by atoms with Crippen LogP contribution >= 0.6 is 0 Å². The predicted octanol–water partition coefficient (Wildman–Crippen LogP) is 2.27. The fraction of sp³-hybridized carbons (Fsp3) is 0.227. The number of aromatic hydroxyl groups is 2. The standard InChI is InChI=1S/C22H24N6O4/c1-11(2)15-9-16(19(30)10-18(15)29)20-25-26-22(32)28(20)14-4-5-17-13(8-14)6-7-27(17)12(3)21(31)24-23/h4-12,29-30H,23H2,1-3H3,(H,24,31)(H,26,32). The fourth-order valence-electron chi connectivity index (χ4n) is 3.83. The summed E-state index contributed by atoms with van der Waals surface area (Å²) in [5, 5.41) is 28.0.